The van der Waals surface area contributed by atoms with Crippen LogP contribution in [0.3, 0.4) is 0 Å². The highest BCUT2D eigenvalue weighted by atomic mass is 32.2. The highest BCUT2D eigenvalue weighted by Crippen LogP contribution is 2.29. The van der Waals surface area contributed by atoms with E-state index in [0.29, 0.717) is 19.4 Å². The number of hydrogen-bond donors (Lipinski definition) is 2. The molecule has 0 aliphatic heterocycles. The molecule has 1 saturated carbocycles. The number of rotatable bonds is 12. The van der Waals surface area contributed by atoms with Gasteiger partial charge in [-0.3, -0.25) is 9.52 Å². The molecule has 0 aromatic carbocycles. The fourth-order valence-electron chi connectivity index (χ4n) is 3.52. The van der Waals surface area contributed by atoms with Gasteiger partial charge in [0.15, 0.2) is 0 Å². The zero-order valence-corrected chi connectivity index (χ0v) is 19.3. The normalized spacial score (nSPS) is 17.0. The van der Waals surface area contributed by atoms with E-state index in [9.17, 15) is 9.59 Å². The molecule has 1 aliphatic rings. The molecule has 168 valence electrons. The molecule has 0 unspecified atom stereocenters. The van der Waals surface area contributed by atoms with Crippen LogP contribution in [0.5, 0.6) is 0 Å². The molecule has 0 aromatic heterocycles. The quantitative estimate of drug-likeness (QED) is 0.0913. The van der Waals surface area contributed by atoms with Crippen molar-refractivity contribution in [2.45, 2.75) is 90.6 Å². The second kappa shape index (κ2) is 13.9. The van der Waals surface area contributed by atoms with Crippen LogP contribution in [-0.2, 0) is 19.2 Å². The predicted molar refractivity (Wildman–Crippen MR) is 118 cm³/mol. The molecule has 0 radical (unpaired) electrons. The van der Waals surface area contributed by atoms with Crippen molar-refractivity contribution in [2.24, 2.45) is 22.7 Å². The number of esters is 1. The highest BCUT2D eigenvalue weighted by molar-refractivity contribution is 7.96. The second-order valence-electron chi connectivity index (χ2n) is 8.76. The summed E-state index contributed by atoms with van der Waals surface area (Å²) in [6.07, 6.45) is 11.4. The first-order valence-corrected chi connectivity index (χ1v) is 11.9. The number of amidine groups is 1. The van der Waals surface area contributed by atoms with Crippen molar-refractivity contribution in [3.8, 4) is 0 Å². The largest absolute Gasteiger partial charge is 0.460 e. The summed E-state index contributed by atoms with van der Waals surface area (Å²) in [5.74, 6) is -0.481. The van der Waals surface area contributed by atoms with Crippen LogP contribution in [0.1, 0.15) is 85.0 Å². The smallest absolute Gasteiger partial charge is 0.338 e. The van der Waals surface area contributed by atoms with Crippen molar-refractivity contribution in [1.29, 1.82) is 0 Å². The number of nitrogens with one attached hydrogen (secondary N) is 1. The Labute approximate surface area is 180 Å². The minimum atomic E-state index is -0.583. The van der Waals surface area contributed by atoms with E-state index in [1.165, 1.54) is 44.1 Å². The zero-order valence-electron chi connectivity index (χ0n) is 18.5. The van der Waals surface area contributed by atoms with Crippen LogP contribution in [0, 0.1) is 11.8 Å². The molecular weight excluding hydrogens is 390 g/mol. The molecule has 29 heavy (non-hydrogen) atoms. The number of carbonyl (C=O) groups excluding carboxylic acids is 2. The zero-order chi connectivity index (χ0) is 21.7. The van der Waals surface area contributed by atoms with Crippen LogP contribution in [0.2, 0.25) is 0 Å². The Morgan fingerprint density at radius 2 is 1.93 bits per heavy atom. The summed E-state index contributed by atoms with van der Waals surface area (Å²) in [5.41, 5.74) is 5.19. The molecule has 1 rings (SSSR count). The van der Waals surface area contributed by atoms with Gasteiger partial charge in [-0.2, -0.15) is 0 Å². The van der Waals surface area contributed by atoms with Crippen LogP contribution >= 0.6 is 11.9 Å². The third-order valence-electron chi connectivity index (χ3n) is 4.94. The highest BCUT2D eigenvalue weighted by Gasteiger charge is 2.27. The Hall–Kier alpha value is -1.28. The summed E-state index contributed by atoms with van der Waals surface area (Å²) < 4.78 is 8.44. The summed E-state index contributed by atoms with van der Waals surface area (Å²) in [4.78, 5) is 29.9. The van der Waals surface area contributed by atoms with E-state index < -0.39 is 23.5 Å². The Bertz CT molecular complexity index is 529. The maximum Gasteiger partial charge on any atom is 0.338 e. The van der Waals surface area contributed by atoms with E-state index in [4.69, 9.17) is 15.3 Å². The lowest BCUT2D eigenvalue weighted by molar-refractivity contribution is -0.161. The van der Waals surface area contributed by atoms with Gasteiger partial charge in [0, 0.05) is 13.0 Å². The van der Waals surface area contributed by atoms with Gasteiger partial charge in [0.2, 0.25) is 0 Å². The van der Waals surface area contributed by atoms with Crippen LogP contribution in [0.15, 0.2) is 5.16 Å². The number of ether oxygens (including phenoxy) is 1. The van der Waals surface area contributed by atoms with E-state index in [-0.39, 0.29) is 12.3 Å². The minimum Gasteiger partial charge on any atom is -0.460 e. The first-order valence-electron chi connectivity index (χ1n) is 10.7. The maximum absolute atomic E-state index is 12.5. The number of nitrogens with zero attached hydrogens (tertiary/aromatic N) is 1. The van der Waals surface area contributed by atoms with Gasteiger partial charge in [-0.05, 0) is 39.4 Å². The minimum absolute atomic E-state index is 0.00419. The molecule has 0 aromatic rings. The van der Waals surface area contributed by atoms with Gasteiger partial charge in [-0.15, -0.1) is 0 Å². The summed E-state index contributed by atoms with van der Waals surface area (Å²) in [5, 5.41) is 3.74. The number of nitrogens with two attached hydrogens (primary N) is 1. The topological polar surface area (TPSA) is 103 Å². The third-order valence-corrected chi connectivity index (χ3v) is 5.43. The van der Waals surface area contributed by atoms with E-state index in [1.54, 1.807) is 0 Å². The van der Waals surface area contributed by atoms with Gasteiger partial charge in [0.25, 0.3) is 0 Å². The molecule has 0 saturated heterocycles. The lowest BCUT2D eigenvalue weighted by Crippen LogP contribution is -2.28. The molecule has 8 heteroatoms. The first-order chi connectivity index (χ1) is 13.7. The molecule has 0 bridgehead atoms. The molecule has 0 spiro atoms. The Morgan fingerprint density at radius 3 is 2.55 bits per heavy atom. The third kappa shape index (κ3) is 12.8. The molecule has 1 atom stereocenters. The van der Waals surface area contributed by atoms with E-state index in [2.05, 4.69) is 9.88 Å². The fourth-order valence-corrected chi connectivity index (χ4v) is 3.83. The summed E-state index contributed by atoms with van der Waals surface area (Å²) in [7, 11) is 0. The molecule has 0 heterocycles. The number of hydrogen-bond acceptors (Lipinski definition) is 7. The van der Waals surface area contributed by atoms with Gasteiger partial charge < -0.3 is 15.3 Å². The lowest BCUT2D eigenvalue weighted by atomic mass is 9.84. The summed E-state index contributed by atoms with van der Waals surface area (Å²) in [6, 6.07) is 0. The standard InChI is InChI=1S/C21H39N3O4S/c1-21(2,3)27-19(25)15-17(12-8-11-16-9-6-5-7-10-16)20(26)28-24-18(22)13-14-23-29-4/h16-17,23H,5-15H2,1-4H3,(H2,22,24)/t17-/m1/s1. The van der Waals surface area contributed by atoms with Gasteiger partial charge in [0.1, 0.15) is 11.4 Å². The number of carbonyl (C=O) groups is 2. The van der Waals surface area contributed by atoms with Crippen molar-refractivity contribution >= 4 is 29.7 Å². The molecular formula is C21H39N3O4S. The molecule has 0 amide bonds. The van der Waals surface area contributed by atoms with Gasteiger partial charge in [-0.25, -0.2) is 4.79 Å². The molecule has 1 fully saturated rings. The van der Waals surface area contributed by atoms with Crippen LogP contribution in [-0.4, -0.2) is 36.2 Å². The van der Waals surface area contributed by atoms with Gasteiger partial charge >= 0.3 is 11.9 Å². The average molecular weight is 430 g/mol. The Morgan fingerprint density at radius 1 is 1.24 bits per heavy atom. The van der Waals surface area contributed by atoms with Crippen molar-refractivity contribution in [3.05, 3.63) is 0 Å². The predicted octanol–water partition coefficient (Wildman–Crippen LogP) is 4.16. The first kappa shape index (κ1) is 25.8. The molecule has 1 aliphatic carbocycles. The van der Waals surface area contributed by atoms with Crippen molar-refractivity contribution in [3.63, 3.8) is 0 Å². The van der Waals surface area contributed by atoms with E-state index >= 15 is 0 Å². The van der Waals surface area contributed by atoms with Crippen molar-refractivity contribution in [2.75, 3.05) is 12.8 Å². The average Bonchev–Trinajstić information content (AvgIpc) is 2.65. The second-order valence-corrected chi connectivity index (χ2v) is 9.46. The fraction of sp³-hybridized carbons (Fsp3) is 0.857. The van der Waals surface area contributed by atoms with Crippen molar-refractivity contribution < 1.29 is 19.2 Å². The monoisotopic (exact) mass is 429 g/mol. The van der Waals surface area contributed by atoms with E-state index in [1.807, 2.05) is 27.0 Å². The van der Waals surface area contributed by atoms with Gasteiger partial charge in [-0.1, -0.05) is 62.0 Å². The Balaban J connectivity index is 2.58. The van der Waals surface area contributed by atoms with Crippen LogP contribution in [0.25, 0.3) is 0 Å². The molecule has 3 N–H and O–H groups in total. The van der Waals surface area contributed by atoms with Crippen LogP contribution < -0.4 is 10.5 Å². The molecule has 7 nitrogen and oxygen atoms in total. The maximum atomic E-state index is 12.5. The van der Waals surface area contributed by atoms with Gasteiger partial charge in [0.05, 0.1) is 12.3 Å². The summed E-state index contributed by atoms with van der Waals surface area (Å²) >= 11 is 1.49. The Kier molecular flexibility index (Phi) is 12.3. The summed E-state index contributed by atoms with van der Waals surface area (Å²) in [6.45, 7) is 6.08. The lowest BCUT2D eigenvalue weighted by Gasteiger charge is -2.23. The number of oxime groups is 1. The van der Waals surface area contributed by atoms with Crippen LogP contribution in [0.4, 0.5) is 0 Å². The SMILES string of the molecule is CSNCCC(N)=NOC(=O)[C@H](CCCC1CCCCC1)CC(=O)OC(C)(C)C. The van der Waals surface area contributed by atoms with E-state index in [0.717, 1.165) is 18.8 Å². The van der Waals surface area contributed by atoms with Crippen molar-refractivity contribution in [1.82, 2.24) is 4.72 Å².